The Kier molecular flexibility index (Phi) is 3.91. The molecule has 25 heavy (non-hydrogen) atoms. The molecule has 2 heteroatoms. The largest absolute Gasteiger partial charge is 0.379 e. The van der Waals surface area contributed by atoms with Crippen LogP contribution in [-0.4, -0.2) is 37.2 Å². The molecule has 2 nitrogen and oxygen atoms in total. The molecule has 5 rings (SSSR count). The molecule has 0 amide bonds. The van der Waals surface area contributed by atoms with E-state index in [0.29, 0.717) is 5.41 Å². The Morgan fingerprint density at radius 3 is 2.44 bits per heavy atom. The van der Waals surface area contributed by atoms with E-state index in [4.69, 9.17) is 4.74 Å². The highest BCUT2D eigenvalue weighted by Crippen LogP contribution is 2.48. The van der Waals surface area contributed by atoms with Crippen LogP contribution in [0.2, 0.25) is 0 Å². The highest BCUT2D eigenvalue weighted by Gasteiger charge is 2.44. The minimum Gasteiger partial charge on any atom is -0.379 e. The fourth-order valence-corrected chi connectivity index (χ4v) is 5.52. The molecule has 1 aliphatic heterocycles. The van der Waals surface area contributed by atoms with E-state index >= 15 is 0 Å². The summed E-state index contributed by atoms with van der Waals surface area (Å²) in [6.45, 7) is 4.03. The van der Waals surface area contributed by atoms with Crippen molar-refractivity contribution in [3.05, 3.63) is 70.8 Å². The van der Waals surface area contributed by atoms with Gasteiger partial charge in [-0.05, 0) is 54.4 Å². The summed E-state index contributed by atoms with van der Waals surface area (Å²) >= 11 is 0. The van der Waals surface area contributed by atoms with Gasteiger partial charge < -0.3 is 4.74 Å². The van der Waals surface area contributed by atoms with Gasteiger partial charge in [-0.2, -0.15) is 0 Å². The third kappa shape index (κ3) is 2.72. The molecule has 2 unspecified atom stereocenters. The maximum atomic E-state index is 5.58. The molecule has 2 atom stereocenters. The molecule has 1 spiro atoms. The lowest BCUT2D eigenvalue weighted by atomic mass is 9.73. The second-order valence-electron chi connectivity index (χ2n) is 8.10. The average Bonchev–Trinajstić information content (AvgIpc) is 3.03. The predicted octanol–water partition coefficient (Wildman–Crippen LogP) is 3.96. The second kappa shape index (κ2) is 6.26. The molecule has 0 radical (unpaired) electrons. The van der Waals surface area contributed by atoms with Crippen LogP contribution < -0.4 is 0 Å². The van der Waals surface area contributed by atoms with Gasteiger partial charge in [-0.25, -0.2) is 0 Å². The zero-order valence-corrected chi connectivity index (χ0v) is 14.9. The molecule has 0 aromatic heterocycles. The predicted molar refractivity (Wildman–Crippen MR) is 101 cm³/mol. The highest BCUT2D eigenvalue weighted by atomic mass is 16.5. The summed E-state index contributed by atoms with van der Waals surface area (Å²) in [7, 11) is 0. The molecular formula is C23H27NO. The van der Waals surface area contributed by atoms with Crippen LogP contribution in [-0.2, 0) is 23.0 Å². The van der Waals surface area contributed by atoms with E-state index in [-0.39, 0.29) is 0 Å². The van der Waals surface area contributed by atoms with E-state index in [1.54, 1.807) is 16.7 Å². The van der Waals surface area contributed by atoms with Gasteiger partial charge in [0.2, 0.25) is 0 Å². The van der Waals surface area contributed by atoms with Crippen molar-refractivity contribution in [2.24, 2.45) is 0 Å². The van der Waals surface area contributed by atoms with Crippen molar-refractivity contribution in [2.75, 3.05) is 26.3 Å². The molecule has 130 valence electrons. The van der Waals surface area contributed by atoms with Crippen LogP contribution in [0, 0.1) is 0 Å². The van der Waals surface area contributed by atoms with Gasteiger partial charge in [0.25, 0.3) is 0 Å². The molecule has 1 saturated carbocycles. The van der Waals surface area contributed by atoms with Gasteiger partial charge in [0, 0.05) is 24.5 Å². The summed E-state index contributed by atoms with van der Waals surface area (Å²) < 4.78 is 5.58. The van der Waals surface area contributed by atoms with Crippen LogP contribution in [0.25, 0.3) is 0 Å². The highest BCUT2D eigenvalue weighted by molar-refractivity contribution is 5.46. The molecule has 2 aliphatic carbocycles. The van der Waals surface area contributed by atoms with Crippen molar-refractivity contribution in [3.63, 3.8) is 0 Å². The summed E-state index contributed by atoms with van der Waals surface area (Å²) in [6.07, 6.45) is 6.26. The van der Waals surface area contributed by atoms with E-state index in [0.717, 1.165) is 38.8 Å². The number of hydrogen-bond donors (Lipinski definition) is 0. The first-order valence-corrected chi connectivity index (χ1v) is 9.81. The number of hydrogen-bond acceptors (Lipinski definition) is 2. The van der Waals surface area contributed by atoms with Gasteiger partial charge in [0.15, 0.2) is 0 Å². The number of morpholine rings is 1. The van der Waals surface area contributed by atoms with Crippen molar-refractivity contribution >= 4 is 0 Å². The standard InChI is InChI=1S/C23H27NO/c1-2-7-20-16-23(10-9-21(17-23)24-11-13-25-14-12-24)22-8-4-3-6-19(22)15-18(20)5-1/h1-8,21H,9-17H2. The maximum Gasteiger partial charge on any atom is 0.0594 e. The van der Waals surface area contributed by atoms with E-state index in [9.17, 15) is 0 Å². The van der Waals surface area contributed by atoms with Gasteiger partial charge in [0.05, 0.1) is 13.2 Å². The Balaban J connectivity index is 1.53. The number of benzene rings is 2. The summed E-state index contributed by atoms with van der Waals surface area (Å²) in [4.78, 5) is 2.69. The molecule has 3 aliphatic rings. The normalized spacial score (nSPS) is 29.2. The fourth-order valence-electron chi connectivity index (χ4n) is 5.52. The van der Waals surface area contributed by atoms with Crippen LogP contribution in [0.5, 0.6) is 0 Å². The Hall–Kier alpha value is -1.64. The third-order valence-electron chi connectivity index (χ3n) is 6.76. The Bertz CT molecular complexity index is 764. The number of rotatable bonds is 1. The number of fused-ring (bicyclic) bond motifs is 3. The minimum absolute atomic E-state index is 0.326. The quantitative estimate of drug-likeness (QED) is 0.783. The van der Waals surface area contributed by atoms with Crippen LogP contribution in [0.3, 0.4) is 0 Å². The Morgan fingerprint density at radius 1 is 0.880 bits per heavy atom. The monoisotopic (exact) mass is 333 g/mol. The lowest BCUT2D eigenvalue weighted by Gasteiger charge is -2.35. The van der Waals surface area contributed by atoms with Crippen LogP contribution in [0.1, 0.15) is 41.5 Å². The first-order chi connectivity index (χ1) is 12.3. The van der Waals surface area contributed by atoms with Gasteiger partial charge in [-0.15, -0.1) is 0 Å². The molecule has 2 aromatic rings. The van der Waals surface area contributed by atoms with Crippen molar-refractivity contribution in [2.45, 2.75) is 43.6 Å². The van der Waals surface area contributed by atoms with Crippen molar-refractivity contribution in [1.29, 1.82) is 0 Å². The van der Waals surface area contributed by atoms with Gasteiger partial charge >= 0.3 is 0 Å². The lowest BCUT2D eigenvalue weighted by Crippen LogP contribution is -2.43. The van der Waals surface area contributed by atoms with Crippen LogP contribution >= 0.6 is 0 Å². The SMILES string of the molecule is c1ccc2c(c1)Cc1ccccc1C1(CCC(N3CCOCC3)C1)C2. The first kappa shape index (κ1) is 15.6. The van der Waals surface area contributed by atoms with Crippen molar-refractivity contribution in [3.8, 4) is 0 Å². The lowest BCUT2D eigenvalue weighted by molar-refractivity contribution is 0.0167. The van der Waals surface area contributed by atoms with E-state index in [1.165, 1.54) is 31.2 Å². The molecule has 2 fully saturated rings. The summed E-state index contributed by atoms with van der Waals surface area (Å²) in [5.74, 6) is 0. The fraction of sp³-hybridized carbons (Fsp3) is 0.478. The van der Waals surface area contributed by atoms with Gasteiger partial charge in [-0.3, -0.25) is 4.90 Å². The summed E-state index contributed by atoms with van der Waals surface area (Å²) in [6, 6.07) is 19.1. The molecule has 1 heterocycles. The maximum absolute atomic E-state index is 5.58. The topological polar surface area (TPSA) is 12.5 Å². The van der Waals surface area contributed by atoms with Crippen LogP contribution in [0.4, 0.5) is 0 Å². The van der Waals surface area contributed by atoms with Gasteiger partial charge in [0.1, 0.15) is 0 Å². The number of ether oxygens (including phenoxy) is 1. The van der Waals surface area contributed by atoms with Crippen LogP contribution in [0.15, 0.2) is 48.5 Å². The van der Waals surface area contributed by atoms with E-state index in [2.05, 4.69) is 53.4 Å². The third-order valence-corrected chi connectivity index (χ3v) is 6.76. The smallest absolute Gasteiger partial charge is 0.0594 e. The molecule has 1 saturated heterocycles. The zero-order valence-electron chi connectivity index (χ0n) is 14.9. The second-order valence-corrected chi connectivity index (χ2v) is 8.10. The first-order valence-electron chi connectivity index (χ1n) is 9.81. The molecule has 0 N–H and O–H groups in total. The van der Waals surface area contributed by atoms with Crippen molar-refractivity contribution < 1.29 is 4.74 Å². The zero-order chi connectivity index (χ0) is 16.7. The number of nitrogens with zero attached hydrogens (tertiary/aromatic N) is 1. The summed E-state index contributed by atoms with van der Waals surface area (Å²) in [5.41, 5.74) is 6.60. The molecule has 2 aromatic carbocycles. The molecular weight excluding hydrogens is 306 g/mol. The minimum atomic E-state index is 0.326. The average molecular weight is 333 g/mol. The Labute approximate surface area is 150 Å². The summed E-state index contributed by atoms with van der Waals surface area (Å²) in [5, 5.41) is 0. The molecule has 0 bridgehead atoms. The van der Waals surface area contributed by atoms with E-state index < -0.39 is 0 Å². The van der Waals surface area contributed by atoms with Gasteiger partial charge in [-0.1, -0.05) is 48.5 Å². The van der Waals surface area contributed by atoms with Crippen molar-refractivity contribution in [1.82, 2.24) is 4.90 Å². The van der Waals surface area contributed by atoms with E-state index in [1.807, 2.05) is 0 Å². The Morgan fingerprint density at radius 2 is 1.60 bits per heavy atom.